The van der Waals surface area contributed by atoms with Crippen molar-refractivity contribution in [1.82, 2.24) is 4.90 Å². The lowest BCUT2D eigenvalue weighted by Gasteiger charge is -2.23. The van der Waals surface area contributed by atoms with E-state index in [2.05, 4.69) is 6.92 Å². The lowest BCUT2D eigenvalue weighted by atomic mass is 10.0. The van der Waals surface area contributed by atoms with Gasteiger partial charge in [-0.05, 0) is 24.8 Å². The number of alkyl halides is 1. The number of benzene rings is 1. The summed E-state index contributed by atoms with van der Waals surface area (Å²) in [6.45, 7) is 2.38. The van der Waals surface area contributed by atoms with Gasteiger partial charge in [0.05, 0.1) is 12.1 Å². The summed E-state index contributed by atoms with van der Waals surface area (Å²) < 4.78 is 5.09. The van der Waals surface area contributed by atoms with E-state index < -0.39 is 29.5 Å². The van der Waals surface area contributed by atoms with Crippen molar-refractivity contribution in [3.8, 4) is 0 Å². The molecule has 0 saturated carbocycles. The van der Waals surface area contributed by atoms with Gasteiger partial charge in [-0.25, -0.2) is 9.69 Å². The van der Waals surface area contributed by atoms with Crippen LogP contribution in [0, 0.1) is 0 Å². The van der Waals surface area contributed by atoms with Crippen molar-refractivity contribution >= 4 is 23.6 Å². The number of amides is 2. The second kappa shape index (κ2) is 16.7. The molecule has 1 saturated heterocycles. The minimum absolute atomic E-state index is 0.133. The number of halogens is 1. The number of carbonyl (C=O) groups is 2. The number of nitrogens with zero attached hydrogens (tertiary/aromatic N) is 1. The fraction of sp³-hybridized carbons (Fsp3) is 0.643. The molecule has 1 N–H and O–H groups in total. The summed E-state index contributed by atoms with van der Waals surface area (Å²) in [7, 11) is 0. The van der Waals surface area contributed by atoms with Crippen LogP contribution in [0.1, 0.15) is 89.5 Å². The van der Waals surface area contributed by atoms with Crippen molar-refractivity contribution in [1.29, 1.82) is 0 Å². The zero-order valence-corrected chi connectivity index (χ0v) is 21.4. The molecular formula is C28H42ClNO4. The first-order valence-corrected chi connectivity index (χ1v) is 13.5. The fourth-order valence-corrected chi connectivity index (χ4v) is 4.49. The third-order valence-corrected chi connectivity index (χ3v) is 6.80. The van der Waals surface area contributed by atoms with E-state index in [0.29, 0.717) is 6.42 Å². The van der Waals surface area contributed by atoms with E-state index in [0.717, 1.165) is 23.3 Å². The van der Waals surface area contributed by atoms with Crippen molar-refractivity contribution in [3.05, 3.63) is 48.0 Å². The molecule has 190 valence electrons. The van der Waals surface area contributed by atoms with Crippen molar-refractivity contribution in [3.63, 3.8) is 0 Å². The normalized spacial score (nSPS) is 17.8. The summed E-state index contributed by atoms with van der Waals surface area (Å²) in [5.74, 6) is -0.614. The molecule has 2 rings (SSSR count). The van der Waals surface area contributed by atoms with E-state index in [1.54, 1.807) is 6.08 Å². The molecule has 0 aliphatic carbocycles. The summed E-state index contributed by atoms with van der Waals surface area (Å²) in [4.78, 5) is 26.0. The molecule has 1 aliphatic rings. The summed E-state index contributed by atoms with van der Waals surface area (Å²) >= 11 is 6.25. The monoisotopic (exact) mass is 491 g/mol. The number of aliphatic hydroxyl groups is 1. The van der Waals surface area contributed by atoms with Crippen molar-refractivity contribution in [2.45, 2.75) is 108 Å². The quantitative estimate of drug-likeness (QED) is 0.148. The van der Waals surface area contributed by atoms with Gasteiger partial charge in [0.25, 0.3) is 5.91 Å². The van der Waals surface area contributed by atoms with E-state index in [9.17, 15) is 14.7 Å². The number of allylic oxidation sites excluding steroid dienone is 1. The van der Waals surface area contributed by atoms with Gasteiger partial charge < -0.3 is 9.84 Å². The average molecular weight is 492 g/mol. The second-order valence-electron chi connectivity index (χ2n) is 9.27. The minimum Gasteiger partial charge on any atom is -0.447 e. The summed E-state index contributed by atoms with van der Waals surface area (Å²) in [6, 6.07) is 9.19. The highest BCUT2D eigenvalue weighted by Crippen LogP contribution is 2.21. The molecule has 1 fully saturated rings. The van der Waals surface area contributed by atoms with E-state index in [1.165, 1.54) is 64.2 Å². The molecular weight excluding hydrogens is 450 g/mol. The van der Waals surface area contributed by atoms with Gasteiger partial charge in [-0.1, -0.05) is 114 Å². The van der Waals surface area contributed by atoms with E-state index in [1.807, 2.05) is 36.4 Å². The molecule has 1 aromatic rings. The Kier molecular flexibility index (Phi) is 14.0. The van der Waals surface area contributed by atoms with Gasteiger partial charge in [0.2, 0.25) is 0 Å². The fourth-order valence-electron chi connectivity index (χ4n) is 4.31. The molecule has 3 atom stereocenters. The molecule has 1 aromatic carbocycles. The summed E-state index contributed by atoms with van der Waals surface area (Å²) in [5, 5.41) is 9.14. The summed E-state index contributed by atoms with van der Waals surface area (Å²) in [6.07, 6.45) is 17.1. The molecule has 0 spiro atoms. The number of ether oxygens (including phenoxy) is 1. The van der Waals surface area contributed by atoms with Crippen LogP contribution in [-0.4, -0.2) is 46.1 Å². The number of imide groups is 1. The van der Waals surface area contributed by atoms with Gasteiger partial charge in [0, 0.05) is 0 Å². The number of unbranched alkanes of at least 4 members (excludes halogenated alkanes) is 11. The maximum atomic E-state index is 12.8. The van der Waals surface area contributed by atoms with Gasteiger partial charge in [0.15, 0.2) is 0 Å². The van der Waals surface area contributed by atoms with Gasteiger partial charge in [0.1, 0.15) is 12.0 Å². The Morgan fingerprint density at radius 2 is 1.65 bits per heavy atom. The van der Waals surface area contributed by atoms with Crippen LogP contribution in [0.25, 0.3) is 0 Å². The van der Waals surface area contributed by atoms with Crippen LogP contribution in [0.15, 0.2) is 42.5 Å². The Labute approximate surface area is 210 Å². The van der Waals surface area contributed by atoms with Gasteiger partial charge in [-0.2, -0.15) is 0 Å². The number of cyclic esters (lactones) is 1. The Morgan fingerprint density at radius 1 is 1.06 bits per heavy atom. The van der Waals surface area contributed by atoms with Crippen LogP contribution in [0.2, 0.25) is 0 Å². The molecule has 2 amide bonds. The maximum Gasteiger partial charge on any atom is 0.417 e. The number of hydrogen-bond donors (Lipinski definition) is 1. The van der Waals surface area contributed by atoms with Crippen molar-refractivity contribution < 1.29 is 19.4 Å². The first-order chi connectivity index (χ1) is 16.5. The Balaban J connectivity index is 1.63. The number of aliphatic hydroxyl groups excluding tert-OH is 1. The average Bonchev–Trinajstić information content (AvgIpc) is 3.21. The van der Waals surface area contributed by atoms with Crippen LogP contribution >= 0.6 is 11.6 Å². The summed E-state index contributed by atoms with van der Waals surface area (Å²) in [5.41, 5.74) is 1.00. The third kappa shape index (κ3) is 10.2. The van der Waals surface area contributed by atoms with Gasteiger partial charge in [-0.3, -0.25) is 4.79 Å². The van der Waals surface area contributed by atoms with E-state index >= 15 is 0 Å². The van der Waals surface area contributed by atoms with E-state index in [-0.39, 0.29) is 6.61 Å². The van der Waals surface area contributed by atoms with Crippen LogP contribution in [0.4, 0.5) is 4.79 Å². The Morgan fingerprint density at radius 3 is 2.26 bits per heavy atom. The predicted octanol–water partition coefficient (Wildman–Crippen LogP) is 6.80. The Bertz CT molecular complexity index is 739. The maximum absolute atomic E-state index is 12.8. The topological polar surface area (TPSA) is 66.8 Å². The second-order valence-corrected chi connectivity index (χ2v) is 9.74. The van der Waals surface area contributed by atoms with Gasteiger partial charge >= 0.3 is 6.09 Å². The number of hydrogen-bond acceptors (Lipinski definition) is 4. The lowest BCUT2D eigenvalue weighted by molar-refractivity contribution is -0.130. The Hall–Kier alpha value is -1.85. The smallest absolute Gasteiger partial charge is 0.417 e. The largest absolute Gasteiger partial charge is 0.447 e. The van der Waals surface area contributed by atoms with Crippen LogP contribution in [0.3, 0.4) is 0 Å². The first-order valence-electron chi connectivity index (χ1n) is 13.1. The standard InChI is InChI=1S/C28H42ClNO4/c1-2-3-4-5-6-7-8-9-10-11-12-13-17-20-25(31)26(29)27(32)30-24(22-34-28(30)33)21-23-18-15-14-16-19-23/h14-20,24-26,31H,2-13,21-22H2,1H3/t24?,25?,26-/m0/s1. The van der Waals surface area contributed by atoms with Crippen LogP contribution in [-0.2, 0) is 16.0 Å². The SMILES string of the molecule is CCCCCCCCCCCCCC=CC(O)[C@H](Cl)C(=O)N1C(=O)OCC1Cc1ccccc1. The molecule has 2 unspecified atom stereocenters. The zero-order valence-electron chi connectivity index (χ0n) is 20.7. The van der Waals surface area contributed by atoms with Crippen molar-refractivity contribution in [2.75, 3.05) is 6.61 Å². The molecule has 0 bridgehead atoms. The number of carbonyl (C=O) groups excluding carboxylic acids is 2. The molecule has 34 heavy (non-hydrogen) atoms. The molecule has 6 heteroatoms. The van der Waals surface area contributed by atoms with E-state index in [4.69, 9.17) is 16.3 Å². The molecule has 5 nitrogen and oxygen atoms in total. The molecule has 1 heterocycles. The van der Waals surface area contributed by atoms with Crippen molar-refractivity contribution in [2.24, 2.45) is 0 Å². The lowest BCUT2D eigenvalue weighted by Crippen LogP contribution is -2.47. The van der Waals surface area contributed by atoms with Gasteiger partial charge in [-0.15, -0.1) is 11.6 Å². The zero-order chi connectivity index (χ0) is 24.6. The highest BCUT2D eigenvalue weighted by atomic mass is 35.5. The first kappa shape index (κ1) is 28.4. The highest BCUT2D eigenvalue weighted by molar-refractivity contribution is 6.32. The van der Waals surface area contributed by atoms with Crippen LogP contribution in [0.5, 0.6) is 0 Å². The number of rotatable bonds is 17. The predicted molar refractivity (Wildman–Crippen MR) is 138 cm³/mol. The highest BCUT2D eigenvalue weighted by Gasteiger charge is 2.41. The van der Waals surface area contributed by atoms with Crippen LogP contribution < -0.4 is 0 Å². The molecule has 0 aromatic heterocycles. The minimum atomic E-state index is -1.22. The molecule has 0 radical (unpaired) electrons. The molecule has 1 aliphatic heterocycles. The third-order valence-electron chi connectivity index (χ3n) is 6.36.